The van der Waals surface area contributed by atoms with Crippen molar-refractivity contribution in [1.82, 2.24) is 0 Å². The summed E-state index contributed by atoms with van der Waals surface area (Å²) in [5.74, 6) is 1.18. The van der Waals surface area contributed by atoms with Crippen LogP contribution in [0.4, 0.5) is 0 Å². The number of carboxylic acid groups (broad SMARTS) is 1. The van der Waals surface area contributed by atoms with Crippen molar-refractivity contribution < 1.29 is 24.1 Å². The first-order valence-electron chi connectivity index (χ1n) is 5.77. The highest BCUT2D eigenvalue weighted by Gasteiger charge is 2.22. The molecule has 0 saturated heterocycles. The van der Waals surface area contributed by atoms with Crippen LogP contribution in [-0.2, 0) is 4.79 Å². The van der Waals surface area contributed by atoms with Crippen LogP contribution in [0, 0.1) is 0 Å². The molecule has 0 radical (unpaired) electrons. The van der Waals surface area contributed by atoms with Crippen LogP contribution >= 0.6 is 0 Å². The van der Waals surface area contributed by atoms with Crippen molar-refractivity contribution >= 4 is 5.97 Å². The SMILES string of the molecule is CC(C)(CCC(=O)O)Oc1ccc2c(c1)OCO2. The molecule has 98 valence electrons. The van der Waals surface area contributed by atoms with Crippen molar-refractivity contribution in [2.45, 2.75) is 32.3 Å². The van der Waals surface area contributed by atoms with Gasteiger partial charge in [0.1, 0.15) is 11.4 Å². The molecule has 1 N–H and O–H groups in total. The smallest absolute Gasteiger partial charge is 0.303 e. The van der Waals surface area contributed by atoms with Crippen molar-refractivity contribution in [2.75, 3.05) is 6.79 Å². The van der Waals surface area contributed by atoms with E-state index in [1.165, 1.54) is 0 Å². The first kappa shape index (κ1) is 12.5. The molecule has 18 heavy (non-hydrogen) atoms. The van der Waals surface area contributed by atoms with Gasteiger partial charge < -0.3 is 19.3 Å². The van der Waals surface area contributed by atoms with E-state index in [9.17, 15) is 4.79 Å². The van der Waals surface area contributed by atoms with Crippen LogP contribution in [0.3, 0.4) is 0 Å². The number of hydrogen-bond donors (Lipinski definition) is 1. The van der Waals surface area contributed by atoms with Gasteiger partial charge in [-0.2, -0.15) is 0 Å². The molecule has 0 bridgehead atoms. The molecule has 0 fully saturated rings. The van der Waals surface area contributed by atoms with E-state index in [-0.39, 0.29) is 13.2 Å². The van der Waals surface area contributed by atoms with Crippen molar-refractivity contribution in [3.05, 3.63) is 18.2 Å². The Labute approximate surface area is 105 Å². The number of rotatable bonds is 5. The maximum atomic E-state index is 10.6. The highest BCUT2D eigenvalue weighted by Crippen LogP contribution is 2.36. The Morgan fingerprint density at radius 1 is 1.39 bits per heavy atom. The predicted octanol–water partition coefficient (Wildman–Crippen LogP) is 2.44. The number of ether oxygens (including phenoxy) is 3. The van der Waals surface area contributed by atoms with Crippen molar-refractivity contribution in [2.24, 2.45) is 0 Å². The lowest BCUT2D eigenvalue weighted by Crippen LogP contribution is -2.28. The summed E-state index contributed by atoms with van der Waals surface area (Å²) in [4.78, 5) is 10.6. The maximum absolute atomic E-state index is 10.6. The number of carboxylic acids is 1. The highest BCUT2D eigenvalue weighted by molar-refractivity contribution is 5.66. The molecular formula is C13H16O5. The number of fused-ring (bicyclic) bond motifs is 1. The predicted molar refractivity (Wildman–Crippen MR) is 64.1 cm³/mol. The van der Waals surface area contributed by atoms with Crippen molar-refractivity contribution in [3.8, 4) is 17.2 Å². The van der Waals surface area contributed by atoms with Gasteiger partial charge in [-0.1, -0.05) is 0 Å². The summed E-state index contributed by atoms with van der Waals surface area (Å²) >= 11 is 0. The summed E-state index contributed by atoms with van der Waals surface area (Å²) in [5.41, 5.74) is -0.536. The number of aliphatic carboxylic acids is 1. The topological polar surface area (TPSA) is 65.0 Å². The van der Waals surface area contributed by atoms with E-state index >= 15 is 0 Å². The van der Waals surface area contributed by atoms with Gasteiger partial charge in [0.15, 0.2) is 11.5 Å². The van der Waals surface area contributed by atoms with Gasteiger partial charge in [-0.15, -0.1) is 0 Å². The fraction of sp³-hybridized carbons (Fsp3) is 0.462. The zero-order valence-corrected chi connectivity index (χ0v) is 10.4. The van der Waals surface area contributed by atoms with Gasteiger partial charge in [0, 0.05) is 12.5 Å². The second kappa shape index (κ2) is 4.76. The van der Waals surface area contributed by atoms with Gasteiger partial charge >= 0.3 is 5.97 Å². The van der Waals surface area contributed by atoms with E-state index in [1.54, 1.807) is 18.2 Å². The van der Waals surface area contributed by atoms with Gasteiger partial charge in [-0.05, 0) is 32.4 Å². The third-order valence-corrected chi connectivity index (χ3v) is 2.68. The molecule has 1 aromatic rings. The molecule has 1 heterocycles. The molecule has 2 rings (SSSR count). The Morgan fingerprint density at radius 3 is 2.83 bits per heavy atom. The largest absolute Gasteiger partial charge is 0.488 e. The van der Waals surface area contributed by atoms with Crippen LogP contribution < -0.4 is 14.2 Å². The molecule has 1 aliphatic rings. The average Bonchev–Trinajstić information content (AvgIpc) is 2.73. The summed E-state index contributed by atoms with van der Waals surface area (Å²) < 4.78 is 16.2. The van der Waals surface area contributed by atoms with Crippen LogP contribution in [-0.4, -0.2) is 23.5 Å². The first-order valence-corrected chi connectivity index (χ1v) is 5.77. The van der Waals surface area contributed by atoms with Gasteiger partial charge in [-0.3, -0.25) is 4.79 Å². The summed E-state index contributed by atoms with van der Waals surface area (Å²) in [6.45, 7) is 3.95. The van der Waals surface area contributed by atoms with Gasteiger partial charge in [0.25, 0.3) is 0 Å². The molecule has 0 atom stereocenters. The number of benzene rings is 1. The number of hydrogen-bond acceptors (Lipinski definition) is 4. The van der Waals surface area contributed by atoms with Crippen molar-refractivity contribution in [3.63, 3.8) is 0 Å². The summed E-state index contributed by atoms with van der Waals surface area (Å²) in [5, 5.41) is 8.68. The van der Waals surface area contributed by atoms with Crippen LogP contribution in [0.5, 0.6) is 17.2 Å². The van der Waals surface area contributed by atoms with Crippen LogP contribution in [0.2, 0.25) is 0 Å². The van der Waals surface area contributed by atoms with Crippen LogP contribution in [0.15, 0.2) is 18.2 Å². The minimum atomic E-state index is -0.822. The lowest BCUT2D eigenvalue weighted by Gasteiger charge is -2.26. The van der Waals surface area contributed by atoms with Crippen molar-refractivity contribution in [1.29, 1.82) is 0 Å². The molecule has 5 nitrogen and oxygen atoms in total. The lowest BCUT2D eigenvalue weighted by atomic mass is 10.0. The molecular weight excluding hydrogens is 236 g/mol. The molecule has 1 aromatic carbocycles. The molecule has 0 amide bonds. The number of carbonyl (C=O) groups is 1. The second-order valence-electron chi connectivity index (χ2n) is 4.77. The molecule has 1 aliphatic heterocycles. The molecule has 5 heteroatoms. The van der Waals surface area contributed by atoms with Gasteiger partial charge in [0.2, 0.25) is 6.79 Å². The second-order valence-corrected chi connectivity index (χ2v) is 4.77. The van der Waals surface area contributed by atoms with Gasteiger partial charge in [-0.25, -0.2) is 0 Å². The highest BCUT2D eigenvalue weighted by atomic mass is 16.7. The van der Waals surface area contributed by atoms with Crippen LogP contribution in [0.25, 0.3) is 0 Å². The summed E-state index contributed by atoms with van der Waals surface area (Å²) in [6.07, 6.45) is 0.522. The van der Waals surface area contributed by atoms with Gasteiger partial charge in [0.05, 0.1) is 0 Å². The molecule has 0 aliphatic carbocycles. The Kier molecular flexibility index (Phi) is 3.32. The molecule has 0 aromatic heterocycles. The summed E-state index contributed by atoms with van der Waals surface area (Å²) in [7, 11) is 0. The Hall–Kier alpha value is -1.91. The van der Waals surface area contributed by atoms with E-state index < -0.39 is 11.6 Å². The van der Waals surface area contributed by atoms with Crippen LogP contribution in [0.1, 0.15) is 26.7 Å². The fourth-order valence-electron chi connectivity index (χ4n) is 1.72. The minimum Gasteiger partial charge on any atom is -0.488 e. The molecule has 0 saturated carbocycles. The lowest BCUT2D eigenvalue weighted by molar-refractivity contribution is -0.138. The first-order chi connectivity index (χ1) is 8.46. The third kappa shape index (κ3) is 3.06. The molecule has 0 spiro atoms. The van der Waals surface area contributed by atoms with E-state index in [4.69, 9.17) is 19.3 Å². The van der Waals surface area contributed by atoms with E-state index in [0.29, 0.717) is 23.7 Å². The average molecular weight is 252 g/mol. The Balaban J connectivity index is 2.02. The summed E-state index contributed by atoms with van der Waals surface area (Å²) in [6, 6.07) is 5.33. The molecule has 0 unspecified atom stereocenters. The zero-order valence-electron chi connectivity index (χ0n) is 10.4. The van der Waals surface area contributed by atoms with E-state index in [2.05, 4.69) is 0 Å². The fourth-order valence-corrected chi connectivity index (χ4v) is 1.72. The maximum Gasteiger partial charge on any atom is 0.303 e. The Bertz CT molecular complexity index is 453. The Morgan fingerprint density at radius 2 is 2.11 bits per heavy atom. The zero-order chi connectivity index (χ0) is 13.2. The van der Waals surface area contributed by atoms with E-state index in [0.717, 1.165) is 0 Å². The van der Waals surface area contributed by atoms with E-state index in [1.807, 2.05) is 13.8 Å². The standard InChI is InChI=1S/C13H16O5/c1-13(2,6-5-12(14)15)18-9-3-4-10-11(7-9)17-8-16-10/h3-4,7H,5-6,8H2,1-2H3,(H,14,15). The third-order valence-electron chi connectivity index (χ3n) is 2.68. The normalized spacial score (nSPS) is 13.4. The quantitative estimate of drug-likeness (QED) is 0.871. The monoisotopic (exact) mass is 252 g/mol. The minimum absolute atomic E-state index is 0.0809.